The summed E-state index contributed by atoms with van der Waals surface area (Å²) in [6.07, 6.45) is 1.61. The molecule has 1 aromatic heterocycles. The first-order valence-corrected chi connectivity index (χ1v) is 6.30. The minimum absolute atomic E-state index is 0.102. The Labute approximate surface area is 98.5 Å². The number of aromatic nitrogens is 1. The summed E-state index contributed by atoms with van der Waals surface area (Å²) in [4.78, 5) is 14.2. The highest BCUT2D eigenvalue weighted by Gasteiger charge is 2.24. The zero-order valence-corrected chi connectivity index (χ0v) is 10.2. The van der Waals surface area contributed by atoms with Crippen molar-refractivity contribution in [1.29, 1.82) is 0 Å². The number of carbonyl (C=O) groups excluding carboxylic acids is 1. The van der Waals surface area contributed by atoms with Crippen LogP contribution < -0.4 is 0 Å². The summed E-state index contributed by atoms with van der Waals surface area (Å²) in [7, 11) is -2.85. The van der Waals surface area contributed by atoms with Crippen LogP contribution in [0.2, 0.25) is 0 Å². The van der Waals surface area contributed by atoms with Gasteiger partial charge in [0.2, 0.25) is 0 Å². The molecule has 90 valence electrons. The maximum absolute atomic E-state index is 11.8. The highest BCUT2D eigenvalue weighted by Crippen LogP contribution is 2.27. The second-order valence-corrected chi connectivity index (χ2v) is 5.21. The molecule has 1 heterocycles. The molecule has 0 fully saturated rings. The average Bonchev–Trinajstić information content (AvgIpc) is 2.74. The van der Waals surface area contributed by atoms with Gasteiger partial charge in [0.15, 0.2) is 5.78 Å². The Balaban J connectivity index is 2.93. The molecular formula is C11H11NO4S. The van der Waals surface area contributed by atoms with Crippen molar-refractivity contribution in [1.82, 2.24) is 4.98 Å². The van der Waals surface area contributed by atoms with Crippen molar-refractivity contribution in [2.75, 3.05) is 7.11 Å². The van der Waals surface area contributed by atoms with Gasteiger partial charge >= 0.3 is 0 Å². The van der Waals surface area contributed by atoms with E-state index in [1.165, 1.54) is 13.0 Å². The van der Waals surface area contributed by atoms with E-state index in [-0.39, 0.29) is 16.2 Å². The summed E-state index contributed by atoms with van der Waals surface area (Å²) >= 11 is 0. The standard InChI is InChI=1S/C11H11NO4S/c1-7(13)9-4-3-8-5-6-12-10(8)11(9)17(14,15)16-2/h3-6,12H,1-2H3. The largest absolute Gasteiger partial charge is 0.360 e. The molecule has 0 unspecified atom stereocenters. The number of rotatable bonds is 3. The molecule has 0 radical (unpaired) electrons. The predicted octanol–water partition coefficient (Wildman–Crippen LogP) is 1.71. The zero-order valence-electron chi connectivity index (χ0n) is 9.35. The van der Waals surface area contributed by atoms with Gasteiger partial charge < -0.3 is 4.98 Å². The highest BCUT2D eigenvalue weighted by molar-refractivity contribution is 7.87. The van der Waals surface area contributed by atoms with E-state index in [1.54, 1.807) is 18.3 Å². The van der Waals surface area contributed by atoms with Gasteiger partial charge in [-0.25, -0.2) is 0 Å². The molecule has 2 rings (SSSR count). The van der Waals surface area contributed by atoms with Crippen LogP contribution in [-0.4, -0.2) is 26.3 Å². The lowest BCUT2D eigenvalue weighted by molar-refractivity contribution is 0.101. The second-order valence-electron chi connectivity index (χ2n) is 3.56. The fraction of sp³-hybridized carbons (Fsp3) is 0.182. The molecule has 17 heavy (non-hydrogen) atoms. The number of Topliss-reactive ketones (excluding diaryl/α,β-unsaturated/α-hetero) is 1. The van der Waals surface area contributed by atoms with Gasteiger partial charge in [-0.2, -0.15) is 8.42 Å². The highest BCUT2D eigenvalue weighted by atomic mass is 32.2. The van der Waals surface area contributed by atoms with Gasteiger partial charge in [-0.05, 0) is 19.1 Å². The lowest BCUT2D eigenvalue weighted by atomic mass is 10.1. The fourth-order valence-electron chi connectivity index (χ4n) is 1.72. The molecule has 0 atom stereocenters. The van der Waals surface area contributed by atoms with Crippen LogP contribution in [0.1, 0.15) is 17.3 Å². The fourth-order valence-corrected chi connectivity index (χ4v) is 2.80. The minimum Gasteiger partial charge on any atom is -0.360 e. The van der Waals surface area contributed by atoms with Gasteiger partial charge in [0.25, 0.3) is 10.1 Å². The Kier molecular flexibility index (Phi) is 2.76. The summed E-state index contributed by atoms with van der Waals surface area (Å²) in [6, 6.07) is 4.91. The first kappa shape index (κ1) is 11.8. The summed E-state index contributed by atoms with van der Waals surface area (Å²) in [5.41, 5.74) is 0.515. The lowest BCUT2D eigenvalue weighted by Crippen LogP contribution is -2.10. The summed E-state index contributed by atoms with van der Waals surface area (Å²) in [5.74, 6) is -0.322. The molecule has 0 saturated heterocycles. The first-order chi connectivity index (χ1) is 7.97. The molecule has 6 heteroatoms. The van der Waals surface area contributed by atoms with Crippen LogP contribution in [0, 0.1) is 0 Å². The van der Waals surface area contributed by atoms with E-state index in [1.807, 2.05) is 0 Å². The molecule has 0 spiro atoms. The normalized spacial score (nSPS) is 11.9. The summed E-state index contributed by atoms with van der Waals surface area (Å²) < 4.78 is 28.2. The number of nitrogens with one attached hydrogen (secondary N) is 1. The second kappa shape index (κ2) is 3.97. The van der Waals surface area contributed by atoms with Crippen LogP contribution in [0.3, 0.4) is 0 Å². The zero-order chi connectivity index (χ0) is 12.6. The SMILES string of the molecule is COS(=O)(=O)c1c(C(C)=O)ccc2cc[nH]c12. The Morgan fingerprint density at radius 1 is 1.29 bits per heavy atom. The van der Waals surface area contributed by atoms with Crippen LogP contribution in [0.4, 0.5) is 0 Å². The minimum atomic E-state index is -3.92. The van der Waals surface area contributed by atoms with Crippen molar-refractivity contribution < 1.29 is 17.4 Å². The van der Waals surface area contributed by atoms with Crippen molar-refractivity contribution in [2.45, 2.75) is 11.8 Å². The van der Waals surface area contributed by atoms with E-state index in [4.69, 9.17) is 0 Å². The number of ketones is 1. The van der Waals surface area contributed by atoms with Crippen molar-refractivity contribution in [3.05, 3.63) is 30.0 Å². The monoisotopic (exact) mass is 253 g/mol. The number of hydrogen-bond donors (Lipinski definition) is 1. The van der Waals surface area contributed by atoms with Crippen LogP contribution in [0.25, 0.3) is 10.9 Å². The predicted molar refractivity (Wildman–Crippen MR) is 62.5 cm³/mol. The van der Waals surface area contributed by atoms with E-state index in [0.717, 1.165) is 7.11 Å². The number of hydrogen-bond acceptors (Lipinski definition) is 4. The molecule has 1 aromatic carbocycles. The first-order valence-electron chi connectivity index (χ1n) is 4.89. The topological polar surface area (TPSA) is 76.2 Å². The molecule has 2 aromatic rings. The molecule has 1 N–H and O–H groups in total. The molecule has 0 aliphatic carbocycles. The maximum Gasteiger partial charge on any atom is 0.299 e. The number of carbonyl (C=O) groups is 1. The molecule has 0 saturated carbocycles. The average molecular weight is 253 g/mol. The number of benzene rings is 1. The Bertz CT molecular complexity index is 685. The third-order valence-electron chi connectivity index (χ3n) is 2.53. The third kappa shape index (κ3) is 1.85. The van der Waals surface area contributed by atoms with Gasteiger partial charge in [0, 0.05) is 17.1 Å². The molecule has 0 bridgehead atoms. The lowest BCUT2D eigenvalue weighted by Gasteiger charge is -2.07. The number of fused-ring (bicyclic) bond motifs is 1. The van der Waals surface area contributed by atoms with Gasteiger partial charge in [0.05, 0.1) is 12.6 Å². The number of aromatic amines is 1. The van der Waals surface area contributed by atoms with Crippen molar-refractivity contribution in [3.63, 3.8) is 0 Å². The molecule has 5 nitrogen and oxygen atoms in total. The van der Waals surface area contributed by atoms with E-state index in [0.29, 0.717) is 10.9 Å². The summed E-state index contributed by atoms with van der Waals surface area (Å²) in [5, 5.41) is 0.714. The molecule has 0 amide bonds. The smallest absolute Gasteiger partial charge is 0.299 e. The third-order valence-corrected chi connectivity index (χ3v) is 3.89. The molecular weight excluding hydrogens is 242 g/mol. The quantitative estimate of drug-likeness (QED) is 0.667. The molecule has 0 aliphatic rings. The van der Waals surface area contributed by atoms with E-state index < -0.39 is 10.1 Å². The maximum atomic E-state index is 11.8. The van der Waals surface area contributed by atoms with E-state index in [2.05, 4.69) is 9.17 Å². The van der Waals surface area contributed by atoms with Gasteiger partial charge in [-0.3, -0.25) is 8.98 Å². The number of H-pyrrole nitrogens is 1. The van der Waals surface area contributed by atoms with E-state index in [9.17, 15) is 13.2 Å². The van der Waals surface area contributed by atoms with Crippen LogP contribution in [0.5, 0.6) is 0 Å². The summed E-state index contributed by atoms with van der Waals surface area (Å²) in [6.45, 7) is 1.32. The molecule has 0 aliphatic heterocycles. The van der Waals surface area contributed by atoms with Gasteiger partial charge in [0.1, 0.15) is 4.90 Å². The Morgan fingerprint density at radius 3 is 2.59 bits per heavy atom. The van der Waals surface area contributed by atoms with Crippen LogP contribution in [-0.2, 0) is 14.3 Å². The van der Waals surface area contributed by atoms with Gasteiger partial charge in [-0.1, -0.05) is 6.07 Å². The van der Waals surface area contributed by atoms with Crippen molar-refractivity contribution >= 4 is 26.8 Å². The van der Waals surface area contributed by atoms with Crippen molar-refractivity contribution in [2.24, 2.45) is 0 Å². The Hall–Kier alpha value is -1.66. The van der Waals surface area contributed by atoms with Crippen LogP contribution in [0.15, 0.2) is 29.3 Å². The van der Waals surface area contributed by atoms with E-state index >= 15 is 0 Å². The van der Waals surface area contributed by atoms with Gasteiger partial charge in [-0.15, -0.1) is 0 Å². The Morgan fingerprint density at radius 2 is 2.00 bits per heavy atom. The van der Waals surface area contributed by atoms with Crippen molar-refractivity contribution in [3.8, 4) is 0 Å². The van der Waals surface area contributed by atoms with Crippen LogP contribution >= 0.6 is 0 Å².